The highest BCUT2D eigenvalue weighted by Crippen LogP contribution is 2.36. The maximum Gasteiger partial charge on any atom is 0.411 e. The van der Waals surface area contributed by atoms with Crippen molar-refractivity contribution in [3.63, 3.8) is 0 Å². The summed E-state index contributed by atoms with van der Waals surface area (Å²) in [6, 6.07) is 7.09. The topological polar surface area (TPSA) is 143 Å². The van der Waals surface area contributed by atoms with E-state index in [2.05, 4.69) is 30.1 Å². The van der Waals surface area contributed by atoms with Gasteiger partial charge in [0.15, 0.2) is 0 Å². The molecular formula is C18H10F4N6O4. The zero-order valence-corrected chi connectivity index (χ0v) is 15.6. The molecule has 10 nitrogen and oxygen atoms in total. The number of carbonyl (C=O) groups is 1. The molecule has 0 aliphatic carbocycles. The van der Waals surface area contributed by atoms with Gasteiger partial charge in [0.1, 0.15) is 0 Å². The summed E-state index contributed by atoms with van der Waals surface area (Å²) in [6.45, 7) is 0. The van der Waals surface area contributed by atoms with Gasteiger partial charge in [-0.15, -0.1) is 10.2 Å². The first kappa shape index (κ1) is 20.9. The highest BCUT2D eigenvalue weighted by molar-refractivity contribution is 5.67. The van der Waals surface area contributed by atoms with Crippen LogP contribution in [0.4, 0.5) is 22.4 Å². The number of nitrogens with zero attached hydrogens (tertiary/aromatic N) is 5. The second-order valence-electron chi connectivity index (χ2n) is 6.13. The smallest absolute Gasteiger partial charge is 0.411 e. The molecule has 3 heterocycles. The minimum absolute atomic E-state index is 0.0997. The highest BCUT2D eigenvalue weighted by Gasteiger charge is 2.41. The standard InChI is InChI=1S/C18H10F4N6O4/c19-12(20)15-27-26-14(31-15)8-1-4-10(5-2-8)18(21,22)16-25-13(28-32-16)9-3-6-11(24-7-9)30-17(23)29/h1-7,12H,(H2,23,29). The predicted octanol–water partition coefficient (Wildman–Crippen LogP) is 3.72. The molecule has 2 N–H and O–H groups in total. The van der Waals surface area contributed by atoms with E-state index in [1.165, 1.54) is 30.5 Å². The molecule has 164 valence electrons. The molecule has 0 spiro atoms. The van der Waals surface area contributed by atoms with E-state index in [9.17, 15) is 22.4 Å². The van der Waals surface area contributed by atoms with E-state index in [0.717, 1.165) is 12.1 Å². The number of rotatable bonds is 6. The van der Waals surface area contributed by atoms with Crippen molar-refractivity contribution in [2.24, 2.45) is 5.73 Å². The molecule has 0 aliphatic heterocycles. The number of aromatic nitrogens is 5. The Morgan fingerprint density at radius 1 is 1.06 bits per heavy atom. The molecule has 0 bridgehead atoms. The maximum atomic E-state index is 14.8. The van der Waals surface area contributed by atoms with Crippen LogP contribution in [0, 0.1) is 0 Å². The normalized spacial score (nSPS) is 11.7. The Labute approximate surface area is 175 Å². The van der Waals surface area contributed by atoms with E-state index in [0.29, 0.717) is 0 Å². The van der Waals surface area contributed by atoms with Crippen molar-refractivity contribution in [2.75, 3.05) is 0 Å². The first-order valence-corrected chi connectivity index (χ1v) is 8.62. The van der Waals surface area contributed by atoms with Crippen molar-refractivity contribution in [1.82, 2.24) is 25.3 Å². The van der Waals surface area contributed by atoms with Crippen molar-refractivity contribution >= 4 is 6.09 Å². The number of primary amides is 1. The van der Waals surface area contributed by atoms with Gasteiger partial charge < -0.3 is 19.4 Å². The summed E-state index contributed by atoms with van der Waals surface area (Å²) in [4.78, 5) is 18.2. The first-order valence-electron chi connectivity index (χ1n) is 8.62. The summed E-state index contributed by atoms with van der Waals surface area (Å²) in [5.74, 6) is -6.06. The third-order valence-corrected chi connectivity index (χ3v) is 4.02. The van der Waals surface area contributed by atoms with Crippen LogP contribution in [0.1, 0.15) is 23.8 Å². The summed E-state index contributed by atoms with van der Waals surface area (Å²) in [5.41, 5.74) is 4.75. The fourth-order valence-electron chi connectivity index (χ4n) is 2.53. The lowest BCUT2D eigenvalue weighted by Gasteiger charge is -2.11. The molecule has 0 aliphatic rings. The van der Waals surface area contributed by atoms with Gasteiger partial charge in [-0.1, -0.05) is 17.3 Å². The van der Waals surface area contributed by atoms with Crippen molar-refractivity contribution in [3.8, 4) is 28.7 Å². The monoisotopic (exact) mass is 450 g/mol. The van der Waals surface area contributed by atoms with Crippen LogP contribution in [-0.4, -0.2) is 31.4 Å². The van der Waals surface area contributed by atoms with Crippen LogP contribution in [0.5, 0.6) is 5.88 Å². The summed E-state index contributed by atoms with van der Waals surface area (Å²) >= 11 is 0. The Balaban J connectivity index is 1.54. The van der Waals surface area contributed by atoms with Gasteiger partial charge in [0.25, 0.3) is 5.89 Å². The summed E-state index contributed by atoms with van der Waals surface area (Å²) in [5, 5.41) is 10.1. The average molecular weight is 450 g/mol. The zero-order chi connectivity index (χ0) is 22.9. The number of pyridine rings is 1. The van der Waals surface area contributed by atoms with E-state index >= 15 is 0 Å². The van der Waals surface area contributed by atoms with E-state index in [4.69, 9.17) is 14.7 Å². The largest absolute Gasteiger partial charge is 0.415 e. The van der Waals surface area contributed by atoms with Gasteiger partial charge in [0, 0.05) is 29.0 Å². The maximum absolute atomic E-state index is 14.8. The number of halogens is 4. The summed E-state index contributed by atoms with van der Waals surface area (Å²) < 4.78 is 68.8. The fraction of sp³-hybridized carbons (Fsp3) is 0.111. The number of alkyl halides is 4. The summed E-state index contributed by atoms with van der Waals surface area (Å²) in [6.07, 6.45) is -2.84. The quantitative estimate of drug-likeness (QED) is 0.435. The molecule has 0 fully saturated rings. The SMILES string of the molecule is NC(=O)Oc1ccc(-c2noc(C(F)(F)c3ccc(-c4nnc(C(F)F)o4)cc3)n2)cn1. The van der Waals surface area contributed by atoms with Crippen LogP contribution in [-0.2, 0) is 5.92 Å². The molecule has 14 heteroatoms. The molecular weight excluding hydrogens is 440 g/mol. The van der Waals surface area contributed by atoms with Crippen LogP contribution in [0.15, 0.2) is 51.5 Å². The molecule has 0 radical (unpaired) electrons. The van der Waals surface area contributed by atoms with Gasteiger partial charge >= 0.3 is 24.3 Å². The van der Waals surface area contributed by atoms with Crippen LogP contribution in [0.2, 0.25) is 0 Å². The van der Waals surface area contributed by atoms with E-state index in [1.807, 2.05) is 0 Å². The minimum Gasteiger partial charge on any atom is -0.415 e. The first-order chi connectivity index (χ1) is 15.2. The van der Waals surface area contributed by atoms with Gasteiger partial charge in [-0.25, -0.2) is 9.78 Å². The molecule has 4 aromatic rings. The zero-order valence-electron chi connectivity index (χ0n) is 15.6. The summed E-state index contributed by atoms with van der Waals surface area (Å²) in [7, 11) is 0. The predicted molar refractivity (Wildman–Crippen MR) is 95.4 cm³/mol. The van der Waals surface area contributed by atoms with Gasteiger partial charge in [-0.2, -0.15) is 22.5 Å². The number of amides is 1. The number of benzene rings is 1. The van der Waals surface area contributed by atoms with Gasteiger partial charge in [0.2, 0.25) is 17.6 Å². The van der Waals surface area contributed by atoms with Crippen LogP contribution in [0.25, 0.3) is 22.8 Å². The van der Waals surface area contributed by atoms with Crippen molar-refractivity contribution in [2.45, 2.75) is 12.3 Å². The molecule has 1 aromatic carbocycles. The molecule has 1 amide bonds. The molecule has 0 saturated heterocycles. The second-order valence-corrected chi connectivity index (χ2v) is 6.13. The van der Waals surface area contributed by atoms with Crippen LogP contribution < -0.4 is 10.5 Å². The Hall–Kier alpha value is -4.36. The fourth-order valence-corrected chi connectivity index (χ4v) is 2.53. The molecule has 0 atom stereocenters. The Morgan fingerprint density at radius 2 is 1.78 bits per heavy atom. The van der Waals surface area contributed by atoms with Crippen molar-refractivity contribution < 1.29 is 36.0 Å². The number of hydrogen-bond donors (Lipinski definition) is 1. The Kier molecular flexibility index (Phi) is 5.26. The molecule has 3 aromatic heterocycles. The van der Waals surface area contributed by atoms with Gasteiger partial charge in [-0.05, 0) is 18.2 Å². The second kappa shape index (κ2) is 8.05. The van der Waals surface area contributed by atoms with Crippen LogP contribution >= 0.6 is 0 Å². The lowest BCUT2D eigenvalue weighted by atomic mass is 10.1. The number of nitrogens with two attached hydrogens (primary N) is 1. The third-order valence-electron chi connectivity index (χ3n) is 4.02. The molecule has 4 rings (SSSR count). The lowest BCUT2D eigenvalue weighted by molar-refractivity contribution is 0.00762. The number of hydrogen-bond acceptors (Lipinski definition) is 9. The van der Waals surface area contributed by atoms with Gasteiger partial charge in [0.05, 0.1) is 0 Å². The van der Waals surface area contributed by atoms with Gasteiger partial charge in [-0.3, -0.25) is 0 Å². The van der Waals surface area contributed by atoms with Crippen LogP contribution in [0.3, 0.4) is 0 Å². The number of carbonyl (C=O) groups excluding carboxylic acids is 1. The minimum atomic E-state index is -3.67. The van der Waals surface area contributed by atoms with Crippen molar-refractivity contribution in [3.05, 3.63) is 59.9 Å². The highest BCUT2D eigenvalue weighted by atomic mass is 19.3. The van der Waals surface area contributed by atoms with E-state index in [1.54, 1.807) is 0 Å². The van der Waals surface area contributed by atoms with E-state index in [-0.39, 0.29) is 28.7 Å². The average Bonchev–Trinajstić information content (AvgIpc) is 3.45. The Bertz CT molecular complexity index is 1240. The van der Waals surface area contributed by atoms with E-state index < -0.39 is 35.8 Å². The molecule has 0 saturated carbocycles. The van der Waals surface area contributed by atoms with Crippen molar-refractivity contribution in [1.29, 1.82) is 0 Å². The molecule has 0 unspecified atom stereocenters. The lowest BCUT2D eigenvalue weighted by Crippen LogP contribution is -2.16. The Morgan fingerprint density at radius 3 is 2.38 bits per heavy atom. The number of ether oxygens (including phenoxy) is 1. The third kappa shape index (κ3) is 4.10. The molecule has 32 heavy (non-hydrogen) atoms.